The number of carbonyl (C=O) groups is 1. The maximum atomic E-state index is 11.3. The number of carboxylic acid groups (broad SMARTS) is 1. The Bertz CT molecular complexity index is 709. The molecule has 3 rings (SSSR count). The van der Waals surface area contributed by atoms with E-state index in [2.05, 4.69) is 10.1 Å². The van der Waals surface area contributed by atoms with E-state index in [1.165, 1.54) is 16.0 Å². The molecule has 86 valence electrons. The zero-order valence-corrected chi connectivity index (χ0v) is 9.68. The summed E-state index contributed by atoms with van der Waals surface area (Å²) < 4.78 is 3.04. The predicted octanol–water partition coefficient (Wildman–Crippen LogP) is 1.59. The second-order valence-electron chi connectivity index (χ2n) is 3.55. The molecule has 0 saturated carbocycles. The minimum Gasteiger partial charge on any atom is -0.476 e. The van der Waals surface area contributed by atoms with Gasteiger partial charge in [0, 0.05) is 17.8 Å². The van der Waals surface area contributed by atoms with E-state index in [0.29, 0.717) is 10.8 Å². The van der Waals surface area contributed by atoms with Crippen molar-refractivity contribution in [2.24, 2.45) is 0 Å². The van der Waals surface area contributed by atoms with Gasteiger partial charge in [-0.2, -0.15) is 10.1 Å². The lowest BCUT2D eigenvalue weighted by Crippen LogP contribution is -2.07. The van der Waals surface area contributed by atoms with Gasteiger partial charge in [-0.05, 0) is 13.0 Å². The maximum absolute atomic E-state index is 11.3. The van der Waals surface area contributed by atoms with E-state index >= 15 is 0 Å². The van der Waals surface area contributed by atoms with Crippen LogP contribution in [0.5, 0.6) is 0 Å². The number of hydrogen-bond donors (Lipinski definition) is 1. The van der Waals surface area contributed by atoms with E-state index in [1.54, 1.807) is 28.2 Å². The first-order valence-electron chi connectivity index (χ1n) is 4.88. The van der Waals surface area contributed by atoms with Gasteiger partial charge in [-0.15, -0.1) is 11.3 Å². The maximum Gasteiger partial charge on any atom is 0.356 e. The van der Waals surface area contributed by atoms with Crippen molar-refractivity contribution in [1.82, 2.24) is 19.2 Å². The van der Waals surface area contributed by atoms with Crippen LogP contribution < -0.4 is 0 Å². The van der Waals surface area contributed by atoms with Gasteiger partial charge in [0.05, 0.1) is 5.69 Å². The first-order valence-corrected chi connectivity index (χ1v) is 5.76. The molecule has 0 atom stereocenters. The van der Waals surface area contributed by atoms with Crippen molar-refractivity contribution in [3.8, 4) is 5.82 Å². The van der Waals surface area contributed by atoms with Crippen LogP contribution in [0.3, 0.4) is 0 Å². The standard InChI is InChI=1S/C10H8N4O2S/c1-6-2-3-14(12-6)8-7(9(15)16)13-4-5-17-10(13)11-8/h2-5H,1H3,(H,15,16). The zero-order chi connectivity index (χ0) is 12.0. The Morgan fingerprint density at radius 1 is 1.47 bits per heavy atom. The van der Waals surface area contributed by atoms with E-state index in [4.69, 9.17) is 0 Å². The molecule has 3 heterocycles. The van der Waals surface area contributed by atoms with Gasteiger partial charge in [0.2, 0.25) is 0 Å². The Balaban J connectivity index is 2.31. The highest BCUT2D eigenvalue weighted by atomic mass is 32.1. The van der Waals surface area contributed by atoms with Gasteiger partial charge in [-0.25, -0.2) is 9.48 Å². The van der Waals surface area contributed by atoms with Crippen molar-refractivity contribution in [2.45, 2.75) is 6.92 Å². The van der Waals surface area contributed by atoms with Crippen LogP contribution in [0.1, 0.15) is 16.2 Å². The highest BCUT2D eigenvalue weighted by Gasteiger charge is 2.21. The van der Waals surface area contributed by atoms with Gasteiger partial charge < -0.3 is 5.11 Å². The Morgan fingerprint density at radius 3 is 2.94 bits per heavy atom. The van der Waals surface area contributed by atoms with Crippen molar-refractivity contribution in [3.63, 3.8) is 0 Å². The molecule has 3 aromatic rings. The summed E-state index contributed by atoms with van der Waals surface area (Å²) in [6, 6.07) is 1.80. The number of nitrogens with zero attached hydrogens (tertiary/aromatic N) is 4. The molecular formula is C10H8N4O2S. The number of aromatic carboxylic acids is 1. The largest absolute Gasteiger partial charge is 0.476 e. The van der Waals surface area contributed by atoms with Crippen LogP contribution in [0, 0.1) is 6.92 Å². The second-order valence-corrected chi connectivity index (χ2v) is 4.42. The summed E-state index contributed by atoms with van der Waals surface area (Å²) >= 11 is 1.39. The van der Waals surface area contributed by atoms with Gasteiger partial charge in [-0.1, -0.05) is 0 Å². The van der Waals surface area contributed by atoms with Crippen LogP contribution in [0.4, 0.5) is 0 Å². The van der Waals surface area contributed by atoms with E-state index in [1.807, 2.05) is 6.92 Å². The summed E-state index contributed by atoms with van der Waals surface area (Å²) in [6.07, 6.45) is 3.39. The number of carboxylic acids is 1. The van der Waals surface area contributed by atoms with Gasteiger partial charge in [-0.3, -0.25) is 4.40 Å². The molecular weight excluding hydrogens is 240 g/mol. The lowest BCUT2D eigenvalue weighted by Gasteiger charge is -1.98. The molecule has 0 saturated heterocycles. The van der Waals surface area contributed by atoms with Crippen LogP contribution in [0.2, 0.25) is 0 Å². The fourth-order valence-corrected chi connectivity index (χ4v) is 2.37. The first kappa shape index (κ1) is 10.0. The third-order valence-corrected chi connectivity index (χ3v) is 3.14. The molecule has 17 heavy (non-hydrogen) atoms. The molecule has 0 fully saturated rings. The fourth-order valence-electron chi connectivity index (χ4n) is 1.67. The highest BCUT2D eigenvalue weighted by Crippen LogP contribution is 2.20. The molecule has 0 spiro atoms. The summed E-state index contributed by atoms with van der Waals surface area (Å²) in [4.78, 5) is 16.2. The van der Waals surface area contributed by atoms with Gasteiger partial charge >= 0.3 is 5.97 Å². The fraction of sp³-hybridized carbons (Fsp3) is 0.100. The summed E-state index contributed by atoms with van der Waals surface area (Å²) in [5.74, 6) is -0.670. The van der Waals surface area contributed by atoms with Gasteiger partial charge in [0.1, 0.15) is 0 Å². The molecule has 0 bridgehead atoms. The molecule has 0 aliphatic rings. The Morgan fingerprint density at radius 2 is 2.29 bits per heavy atom. The van der Waals surface area contributed by atoms with E-state index in [-0.39, 0.29) is 5.69 Å². The van der Waals surface area contributed by atoms with Crippen LogP contribution in [-0.2, 0) is 0 Å². The normalized spacial score (nSPS) is 11.1. The minimum absolute atomic E-state index is 0.129. The quantitative estimate of drug-likeness (QED) is 0.747. The minimum atomic E-state index is -1.01. The third-order valence-electron chi connectivity index (χ3n) is 2.39. The third kappa shape index (κ3) is 1.43. The molecule has 0 unspecified atom stereocenters. The number of thiazole rings is 1. The average Bonchev–Trinajstić information content (AvgIpc) is 2.88. The summed E-state index contributed by atoms with van der Waals surface area (Å²) in [7, 11) is 0. The predicted molar refractivity (Wildman–Crippen MR) is 61.9 cm³/mol. The topological polar surface area (TPSA) is 72.4 Å². The smallest absolute Gasteiger partial charge is 0.356 e. The van der Waals surface area contributed by atoms with Crippen molar-refractivity contribution < 1.29 is 9.90 Å². The van der Waals surface area contributed by atoms with E-state index < -0.39 is 5.97 Å². The molecule has 0 aromatic carbocycles. The van der Waals surface area contributed by atoms with Crippen molar-refractivity contribution in [3.05, 3.63) is 35.2 Å². The number of aryl methyl sites for hydroxylation is 1. The van der Waals surface area contributed by atoms with Crippen LogP contribution >= 0.6 is 11.3 Å². The van der Waals surface area contributed by atoms with Crippen LogP contribution in [-0.4, -0.2) is 30.2 Å². The SMILES string of the molecule is Cc1ccn(-c2nc3sccn3c2C(=O)O)n1. The van der Waals surface area contributed by atoms with E-state index in [0.717, 1.165) is 5.69 Å². The molecule has 1 N–H and O–H groups in total. The molecule has 6 nitrogen and oxygen atoms in total. The van der Waals surface area contributed by atoms with E-state index in [9.17, 15) is 9.90 Å². The van der Waals surface area contributed by atoms with Gasteiger partial charge in [0.15, 0.2) is 16.5 Å². The Kier molecular flexibility index (Phi) is 2.02. The van der Waals surface area contributed by atoms with Crippen molar-refractivity contribution >= 4 is 22.3 Å². The summed E-state index contributed by atoms with van der Waals surface area (Å²) in [6.45, 7) is 1.84. The molecule has 3 aromatic heterocycles. The average molecular weight is 248 g/mol. The number of rotatable bonds is 2. The second kappa shape index (κ2) is 3.42. The Labute approximate surface area is 99.8 Å². The van der Waals surface area contributed by atoms with Crippen LogP contribution in [0.15, 0.2) is 23.8 Å². The zero-order valence-electron chi connectivity index (χ0n) is 8.86. The number of fused-ring (bicyclic) bond motifs is 1. The van der Waals surface area contributed by atoms with Crippen molar-refractivity contribution in [2.75, 3.05) is 0 Å². The molecule has 0 aliphatic heterocycles. The number of aromatic nitrogens is 4. The lowest BCUT2D eigenvalue weighted by atomic mass is 10.4. The monoisotopic (exact) mass is 248 g/mol. The van der Waals surface area contributed by atoms with Crippen LogP contribution in [0.25, 0.3) is 10.8 Å². The highest BCUT2D eigenvalue weighted by molar-refractivity contribution is 7.15. The Hall–Kier alpha value is -2.15. The molecule has 0 radical (unpaired) electrons. The number of hydrogen-bond acceptors (Lipinski definition) is 4. The summed E-state index contributed by atoms with van der Waals surface area (Å²) in [5.41, 5.74) is 0.946. The molecule has 0 aliphatic carbocycles. The molecule has 7 heteroatoms. The lowest BCUT2D eigenvalue weighted by molar-refractivity contribution is 0.0689. The summed E-state index contributed by atoms with van der Waals surface area (Å²) in [5, 5.41) is 15.2. The number of imidazole rings is 1. The first-order chi connectivity index (χ1) is 8.16. The molecule has 0 amide bonds. The van der Waals surface area contributed by atoms with Crippen molar-refractivity contribution in [1.29, 1.82) is 0 Å². The van der Waals surface area contributed by atoms with Gasteiger partial charge in [0.25, 0.3) is 0 Å².